The van der Waals surface area contributed by atoms with E-state index in [4.69, 9.17) is 4.42 Å². The molecule has 4 heterocycles. The van der Waals surface area contributed by atoms with Gasteiger partial charge in [0.25, 0.3) is 5.91 Å². The first kappa shape index (κ1) is 31.4. The number of carbonyl (C=O) groups excluding carboxylic acids is 1. The second kappa shape index (κ2) is 12.2. The molecule has 2 aromatic heterocycles. The molecule has 49 heavy (non-hydrogen) atoms. The van der Waals surface area contributed by atoms with Crippen molar-refractivity contribution in [2.24, 2.45) is 0 Å². The lowest BCUT2D eigenvalue weighted by molar-refractivity contribution is 0.0662. The molecule has 0 atom stereocenters. The fourth-order valence-corrected chi connectivity index (χ4v) is 7.29. The number of nitrogens with one attached hydrogen (secondary N) is 1. The van der Waals surface area contributed by atoms with Gasteiger partial charge in [0.1, 0.15) is 16.8 Å². The first-order chi connectivity index (χ1) is 23.7. The molecule has 1 amide bonds. The van der Waals surface area contributed by atoms with Crippen LogP contribution in [0.5, 0.6) is 0 Å². The number of likely N-dealkylation sites (N-methyl/N-ethyl adjacent to an activating group) is 2. The standard InChI is InChI=1S/C37H37FN6O5/c1-40-10-14-42(15-11-40)9-5-8-39-31-28(38)18-26-32-36(31)49-30-20-25-24(33(45)22-6-3-4-7-23(22)34(25)46)19-29(30)44(32)21-27(35(26)47)37(48)43-16-12-41(2)13-17-43/h3-4,6-7,18-21,39H,5,8-17H2,1-2H3. The average molecular weight is 665 g/mol. The molecule has 2 saturated heterocycles. The molecule has 0 aliphatic carbocycles. The monoisotopic (exact) mass is 664 g/mol. The van der Waals surface area contributed by atoms with E-state index in [9.17, 15) is 19.2 Å². The van der Waals surface area contributed by atoms with Crippen LogP contribution in [0.3, 0.4) is 0 Å². The van der Waals surface area contributed by atoms with Gasteiger partial charge in [-0.15, -0.1) is 0 Å². The maximum Gasteiger partial charge on any atom is 0.259 e. The second-order valence-electron chi connectivity index (χ2n) is 13.4. The smallest absolute Gasteiger partial charge is 0.259 e. The summed E-state index contributed by atoms with van der Waals surface area (Å²) in [6.07, 6.45) is 2.23. The molecule has 12 heteroatoms. The zero-order valence-corrected chi connectivity index (χ0v) is 27.6. The first-order valence-electron chi connectivity index (χ1n) is 16.8. The molecule has 0 spiro atoms. The first-order valence-corrected chi connectivity index (χ1v) is 16.8. The molecule has 0 radical (unpaired) electrons. The minimum atomic E-state index is -0.684. The predicted molar refractivity (Wildman–Crippen MR) is 190 cm³/mol. The third-order valence-electron chi connectivity index (χ3n) is 10.2. The summed E-state index contributed by atoms with van der Waals surface area (Å²) in [5.41, 5.74) is -0.286. The Balaban J connectivity index is 1.32. The lowest BCUT2D eigenvalue weighted by Gasteiger charge is -2.32. The van der Waals surface area contributed by atoms with Crippen molar-refractivity contribution >= 4 is 60.7 Å². The molecule has 6 aromatic rings. The Morgan fingerprint density at radius 1 is 0.796 bits per heavy atom. The molecule has 0 bridgehead atoms. The molecule has 0 unspecified atom stereocenters. The zero-order chi connectivity index (χ0) is 34.0. The molecule has 4 aromatic carbocycles. The number of carbonyl (C=O) groups is 1. The van der Waals surface area contributed by atoms with E-state index in [0.29, 0.717) is 49.0 Å². The Morgan fingerprint density at radius 3 is 2.10 bits per heavy atom. The number of anilines is 1. The van der Waals surface area contributed by atoms with Crippen LogP contribution in [0.2, 0.25) is 0 Å². The van der Waals surface area contributed by atoms with E-state index in [1.165, 1.54) is 18.3 Å². The fourth-order valence-electron chi connectivity index (χ4n) is 7.29. The highest BCUT2D eigenvalue weighted by atomic mass is 19.1. The van der Waals surface area contributed by atoms with Gasteiger partial charge in [0.15, 0.2) is 27.8 Å². The lowest BCUT2D eigenvalue weighted by atomic mass is 10.0. The number of hydrogen-bond donors (Lipinski definition) is 1. The number of aromatic nitrogens is 1. The van der Waals surface area contributed by atoms with Crippen molar-refractivity contribution < 1.29 is 13.6 Å². The Kier molecular flexibility index (Phi) is 7.81. The summed E-state index contributed by atoms with van der Waals surface area (Å²) >= 11 is 0. The molecule has 252 valence electrons. The van der Waals surface area contributed by atoms with Crippen LogP contribution < -0.4 is 21.6 Å². The van der Waals surface area contributed by atoms with E-state index in [0.717, 1.165) is 39.1 Å². The van der Waals surface area contributed by atoms with Crippen molar-refractivity contribution in [2.75, 3.05) is 84.9 Å². The summed E-state index contributed by atoms with van der Waals surface area (Å²) in [6.45, 7) is 7.49. The molecule has 2 fully saturated rings. The van der Waals surface area contributed by atoms with Crippen molar-refractivity contribution in [3.63, 3.8) is 0 Å². The number of hydrogen-bond acceptors (Lipinski definition) is 9. The number of fused-ring (bicyclic) bond motifs is 4. The van der Waals surface area contributed by atoms with E-state index in [1.807, 2.05) is 7.05 Å². The number of halogens is 1. The van der Waals surface area contributed by atoms with Crippen LogP contribution in [0.15, 0.2) is 67.5 Å². The van der Waals surface area contributed by atoms with Gasteiger partial charge in [-0.2, -0.15) is 0 Å². The normalized spacial score (nSPS) is 16.9. The highest BCUT2D eigenvalue weighted by Gasteiger charge is 2.27. The van der Waals surface area contributed by atoms with Crippen molar-refractivity contribution in [1.29, 1.82) is 0 Å². The van der Waals surface area contributed by atoms with Gasteiger partial charge >= 0.3 is 0 Å². The van der Waals surface area contributed by atoms with E-state index < -0.39 is 17.2 Å². The highest BCUT2D eigenvalue weighted by Crippen LogP contribution is 2.35. The summed E-state index contributed by atoms with van der Waals surface area (Å²) < 4.78 is 24.1. The number of nitrogens with zero attached hydrogens (tertiary/aromatic N) is 5. The molecule has 1 N–H and O–H groups in total. The second-order valence-corrected chi connectivity index (χ2v) is 13.4. The number of piperazine rings is 2. The molecule has 11 nitrogen and oxygen atoms in total. The van der Waals surface area contributed by atoms with Crippen LogP contribution in [-0.2, 0) is 0 Å². The van der Waals surface area contributed by atoms with Gasteiger partial charge in [-0.05, 0) is 45.3 Å². The van der Waals surface area contributed by atoms with Crippen LogP contribution in [0.25, 0.3) is 49.1 Å². The SMILES string of the molecule is CN1CCN(CCCNc2c(F)cc3c(=O)c(C(=O)N4CCN(C)CC4)cn4c5cc6c(=O)c7ccccc7c(=O)c6cc5oc2c34)CC1. The minimum absolute atomic E-state index is 0.00779. The predicted octanol–water partition coefficient (Wildman–Crippen LogP) is 3.24. The molecular weight excluding hydrogens is 627 g/mol. The Hall–Kier alpha value is -4.91. The van der Waals surface area contributed by atoms with Gasteiger partial charge in [0, 0.05) is 86.6 Å². The fraction of sp³-hybridized carbons (Fsp3) is 0.351. The van der Waals surface area contributed by atoms with Crippen LogP contribution in [0, 0.1) is 5.82 Å². The maximum absolute atomic E-state index is 16.1. The van der Waals surface area contributed by atoms with Gasteiger partial charge in [-0.1, -0.05) is 24.3 Å². The molecular formula is C37H37FN6O5. The van der Waals surface area contributed by atoms with Crippen molar-refractivity contribution in [2.45, 2.75) is 6.42 Å². The van der Waals surface area contributed by atoms with Crippen LogP contribution in [-0.4, -0.2) is 109 Å². The van der Waals surface area contributed by atoms with E-state index in [2.05, 4.69) is 27.1 Å². The van der Waals surface area contributed by atoms with Crippen LogP contribution in [0.4, 0.5) is 10.1 Å². The van der Waals surface area contributed by atoms with E-state index in [1.54, 1.807) is 39.6 Å². The summed E-state index contributed by atoms with van der Waals surface area (Å²) in [4.78, 5) is 63.6. The summed E-state index contributed by atoms with van der Waals surface area (Å²) in [6, 6.07) is 10.9. The Morgan fingerprint density at radius 2 is 1.43 bits per heavy atom. The van der Waals surface area contributed by atoms with Gasteiger partial charge < -0.3 is 33.7 Å². The number of benzene rings is 4. The van der Waals surface area contributed by atoms with Crippen LogP contribution in [0.1, 0.15) is 16.8 Å². The van der Waals surface area contributed by atoms with Crippen molar-refractivity contribution in [3.8, 4) is 0 Å². The molecule has 0 saturated carbocycles. The lowest BCUT2D eigenvalue weighted by Crippen LogP contribution is -2.48. The highest BCUT2D eigenvalue weighted by molar-refractivity contribution is 6.08. The van der Waals surface area contributed by atoms with Gasteiger partial charge in [-0.3, -0.25) is 19.2 Å². The molecule has 2 aliphatic rings. The quantitative estimate of drug-likeness (QED) is 0.163. The van der Waals surface area contributed by atoms with Gasteiger partial charge in [-0.25, -0.2) is 4.39 Å². The Bertz CT molecular complexity index is 2460. The third-order valence-corrected chi connectivity index (χ3v) is 10.2. The summed E-state index contributed by atoms with van der Waals surface area (Å²) in [7, 11) is 4.08. The largest absolute Gasteiger partial charge is 0.451 e. The maximum atomic E-state index is 16.1. The number of rotatable bonds is 6. The summed E-state index contributed by atoms with van der Waals surface area (Å²) in [5.74, 6) is -1.13. The number of pyridine rings is 1. The topological polar surface area (TPSA) is 111 Å². The minimum Gasteiger partial charge on any atom is -0.451 e. The third kappa shape index (κ3) is 5.31. The zero-order valence-electron chi connectivity index (χ0n) is 27.6. The summed E-state index contributed by atoms with van der Waals surface area (Å²) in [5, 5.41) is 4.18. The van der Waals surface area contributed by atoms with Gasteiger partial charge in [0.2, 0.25) is 5.43 Å². The van der Waals surface area contributed by atoms with E-state index >= 15 is 4.39 Å². The Labute approximate surface area is 280 Å². The van der Waals surface area contributed by atoms with Gasteiger partial charge in [0.05, 0.1) is 10.9 Å². The van der Waals surface area contributed by atoms with Crippen LogP contribution >= 0.6 is 0 Å². The van der Waals surface area contributed by atoms with E-state index in [-0.39, 0.29) is 54.9 Å². The number of amides is 1. The van der Waals surface area contributed by atoms with Crippen molar-refractivity contribution in [3.05, 3.63) is 90.7 Å². The molecule has 8 rings (SSSR count). The molecule has 2 aliphatic heterocycles. The average Bonchev–Trinajstić information content (AvgIpc) is 3.11. The van der Waals surface area contributed by atoms with Crippen molar-refractivity contribution in [1.82, 2.24) is 24.0 Å².